The normalized spacial score (nSPS) is 32.3. The van der Waals surface area contributed by atoms with Crippen LogP contribution in [0.5, 0.6) is 0 Å². The largest absolute Gasteiger partial charge is 0.446 e. The van der Waals surface area contributed by atoms with Crippen LogP contribution < -0.4 is 0 Å². The minimum atomic E-state index is -6.73. The number of carbonyl (C=O) groups excluding carboxylic acids is 2. The SMILES string of the molecule is O=C(OC(C(F)F)C(F)(F)F)C12CC3CC(C1)CC(C(=O)OC(C(F)(F)F)C(F)(F)S(=O)(=O)O)(C3)C2. The summed E-state index contributed by atoms with van der Waals surface area (Å²) in [5, 5.41) is -6.02. The van der Waals surface area contributed by atoms with E-state index < -0.39 is 87.4 Å². The molecule has 4 aliphatic carbocycles. The lowest BCUT2D eigenvalue weighted by atomic mass is 9.44. The van der Waals surface area contributed by atoms with E-state index in [9.17, 15) is 61.9 Å². The van der Waals surface area contributed by atoms with Crippen LogP contribution in [0.25, 0.3) is 0 Å². The Balaban J connectivity index is 1.92. The van der Waals surface area contributed by atoms with Crippen LogP contribution in [-0.2, 0) is 29.2 Å². The topological polar surface area (TPSA) is 107 Å². The van der Waals surface area contributed by atoms with Gasteiger partial charge in [-0.25, -0.2) is 8.78 Å². The first-order valence-corrected chi connectivity index (χ1v) is 11.7. The highest BCUT2D eigenvalue weighted by atomic mass is 32.2. The molecule has 0 aliphatic heterocycles. The summed E-state index contributed by atoms with van der Waals surface area (Å²) < 4.78 is 170. The van der Waals surface area contributed by atoms with Crippen LogP contribution in [0.3, 0.4) is 0 Å². The number of alkyl halides is 10. The van der Waals surface area contributed by atoms with Gasteiger partial charge < -0.3 is 9.47 Å². The van der Waals surface area contributed by atoms with E-state index in [4.69, 9.17) is 4.55 Å². The lowest BCUT2D eigenvalue weighted by Crippen LogP contribution is -2.60. The molecule has 0 aromatic carbocycles. The molecule has 0 spiro atoms. The summed E-state index contributed by atoms with van der Waals surface area (Å²) in [7, 11) is -6.73. The van der Waals surface area contributed by atoms with Crippen molar-refractivity contribution in [3.05, 3.63) is 0 Å². The fourth-order valence-corrected chi connectivity index (χ4v) is 6.39. The molecule has 18 heteroatoms. The number of hydrogen-bond donors (Lipinski definition) is 1. The molecule has 0 aromatic heterocycles. The third kappa shape index (κ3) is 4.98. The van der Waals surface area contributed by atoms with Gasteiger partial charge >= 0.3 is 39.7 Å². The zero-order valence-electron chi connectivity index (χ0n) is 17.7. The molecular formula is C18H18F10O7S. The lowest BCUT2D eigenvalue weighted by Gasteiger charge is -2.59. The van der Waals surface area contributed by atoms with E-state index in [-0.39, 0.29) is 32.1 Å². The summed E-state index contributed by atoms with van der Waals surface area (Å²) in [5.41, 5.74) is -4.15. The van der Waals surface area contributed by atoms with E-state index in [0.717, 1.165) is 0 Å². The molecule has 1 N–H and O–H groups in total. The fraction of sp³-hybridized carbons (Fsp3) is 0.889. The molecule has 4 rings (SSSR count). The molecule has 208 valence electrons. The molecule has 4 fully saturated rings. The third-order valence-corrected chi connectivity index (χ3v) is 7.79. The molecule has 4 bridgehead atoms. The van der Waals surface area contributed by atoms with Crippen molar-refractivity contribution in [2.24, 2.45) is 22.7 Å². The highest BCUT2D eigenvalue weighted by molar-refractivity contribution is 7.86. The van der Waals surface area contributed by atoms with Gasteiger partial charge in [-0.15, -0.1) is 0 Å². The molecule has 0 heterocycles. The van der Waals surface area contributed by atoms with Crippen LogP contribution in [0.4, 0.5) is 43.9 Å². The molecule has 4 aliphatic rings. The Hall–Kier alpha value is -1.85. The number of rotatable bonds is 7. The Morgan fingerprint density at radius 3 is 1.56 bits per heavy atom. The van der Waals surface area contributed by atoms with Gasteiger partial charge in [-0.3, -0.25) is 14.1 Å². The standard InChI is InChI=1S/C18H18F10O7S/c19-10(20)9(16(21,22)23)34-12(29)14-2-7-1-8(3-14)5-15(4-7,6-14)13(30)35-11(17(24,25)26)18(27,28)36(31,32)33/h7-11H,1-6H2,(H,31,32,33). The van der Waals surface area contributed by atoms with E-state index in [1.165, 1.54) is 0 Å². The summed E-state index contributed by atoms with van der Waals surface area (Å²) in [6.45, 7) is 0. The minimum Gasteiger partial charge on any atom is -0.446 e. The molecule has 0 saturated heterocycles. The summed E-state index contributed by atoms with van der Waals surface area (Å²) in [5.74, 6) is -5.19. The predicted octanol–water partition coefficient (Wildman–Crippen LogP) is 4.27. The second-order valence-electron chi connectivity index (χ2n) is 9.59. The Bertz CT molecular complexity index is 993. The van der Waals surface area contributed by atoms with Gasteiger partial charge in [0, 0.05) is 0 Å². The first kappa shape index (κ1) is 28.7. The summed E-state index contributed by atoms with van der Waals surface area (Å²) in [4.78, 5) is 25.5. The van der Waals surface area contributed by atoms with Crippen molar-refractivity contribution < 1.29 is 75.9 Å². The minimum absolute atomic E-state index is 0.255. The second-order valence-corrected chi connectivity index (χ2v) is 11.1. The van der Waals surface area contributed by atoms with E-state index in [1.807, 2.05) is 0 Å². The number of carbonyl (C=O) groups is 2. The summed E-state index contributed by atoms with van der Waals surface area (Å²) in [6.07, 6.45) is -26.3. The van der Waals surface area contributed by atoms with Crippen molar-refractivity contribution in [2.75, 3.05) is 0 Å². The van der Waals surface area contributed by atoms with Gasteiger partial charge in [-0.05, 0) is 50.4 Å². The van der Waals surface area contributed by atoms with E-state index >= 15 is 0 Å². The maximum Gasteiger partial charge on any atom is 0.432 e. The molecular weight excluding hydrogens is 550 g/mol. The molecule has 4 saturated carbocycles. The fourth-order valence-electron chi connectivity index (χ4n) is 5.93. The zero-order valence-corrected chi connectivity index (χ0v) is 18.5. The summed E-state index contributed by atoms with van der Waals surface area (Å²) >= 11 is 0. The highest BCUT2D eigenvalue weighted by Gasteiger charge is 2.69. The molecule has 0 radical (unpaired) electrons. The van der Waals surface area contributed by atoms with Gasteiger partial charge in [0.25, 0.3) is 18.6 Å². The molecule has 36 heavy (non-hydrogen) atoms. The second kappa shape index (κ2) is 8.59. The van der Waals surface area contributed by atoms with Crippen molar-refractivity contribution in [1.29, 1.82) is 0 Å². The molecule has 4 unspecified atom stereocenters. The Morgan fingerprint density at radius 1 is 0.806 bits per heavy atom. The Morgan fingerprint density at radius 2 is 1.22 bits per heavy atom. The monoisotopic (exact) mass is 568 g/mol. The number of esters is 2. The first-order valence-electron chi connectivity index (χ1n) is 10.2. The van der Waals surface area contributed by atoms with Crippen molar-refractivity contribution in [1.82, 2.24) is 0 Å². The maximum absolute atomic E-state index is 13.9. The van der Waals surface area contributed by atoms with E-state index in [1.54, 1.807) is 0 Å². The van der Waals surface area contributed by atoms with Crippen LogP contribution in [0.1, 0.15) is 38.5 Å². The smallest absolute Gasteiger partial charge is 0.432 e. The van der Waals surface area contributed by atoms with Gasteiger partial charge in [0.05, 0.1) is 10.8 Å². The van der Waals surface area contributed by atoms with Gasteiger partial charge in [0.15, 0.2) is 0 Å². The molecule has 7 nitrogen and oxygen atoms in total. The number of hydrogen-bond acceptors (Lipinski definition) is 6. The number of halogens is 10. The third-order valence-electron chi connectivity index (χ3n) is 6.88. The van der Waals surface area contributed by atoms with E-state index in [2.05, 4.69) is 9.47 Å². The molecule has 4 atom stereocenters. The van der Waals surface area contributed by atoms with Crippen LogP contribution >= 0.6 is 0 Å². The van der Waals surface area contributed by atoms with Crippen molar-refractivity contribution >= 4 is 22.1 Å². The van der Waals surface area contributed by atoms with Crippen LogP contribution in [0.15, 0.2) is 0 Å². The zero-order chi connectivity index (χ0) is 27.7. The van der Waals surface area contributed by atoms with Crippen molar-refractivity contribution in [3.63, 3.8) is 0 Å². The van der Waals surface area contributed by atoms with E-state index in [0.29, 0.717) is 0 Å². The summed E-state index contributed by atoms with van der Waals surface area (Å²) in [6, 6.07) is 0. The maximum atomic E-state index is 13.9. The predicted molar refractivity (Wildman–Crippen MR) is 93.9 cm³/mol. The van der Waals surface area contributed by atoms with Crippen LogP contribution in [0, 0.1) is 22.7 Å². The highest BCUT2D eigenvalue weighted by Crippen LogP contribution is 2.66. The Labute approximate surface area is 196 Å². The van der Waals surface area contributed by atoms with Crippen molar-refractivity contribution in [3.8, 4) is 0 Å². The Kier molecular flexibility index (Phi) is 6.85. The van der Waals surface area contributed by atoms with Crippen LogP contribution in [-0.4, -0.2) is 61.1 Å². The average molecular weight is 568 g/mol. The quantitative estimate of drug-likeness (QED) is 0.278. The first-order chi connectivity index (χ1) is 16.0. The van der Waals surface area contributed by atoms with Gasteiger partial charge in [-0.2, -0.15) is 43.5 Å². The van der Waals surface area contributed by atoms with Gasteiger partial charge in [-0.1, -0.05) is 0 Å². The number of ether oxygens (including phenoxy) is 2. The lowest BCUT2D eigenvalue weighted by molar-refractivity contribution is -0.270. The molecule has 0 aromatic rings. The van der Waals surface area contributed by atoms with Gasteiger partial charge in [0.2, 0.25) is 0 Å². The van der Waals surface area contributed by atoms with Gasteiger partial charge in [0.1, 0.15) is 0 Å². The average Bonchev–Trinajstić information content (AvgIpc) is 2.65. The van der Waals surface area contributed by atoms with Crippen molar-refractivity contribution in [2.45, 2.75) is 74.8 Å². The van der Waals surface area contributed by atoms with Crippen LogP contribution in [0.2, 0.25) is 0 Å². The molecule has 0 amide bonds.